The molecule has 1 aliphatic heterocycles. The summed E-state index contributed by atoms with van der Waals surface area (Å²) in [7, 11) is -5.83. The second-order valence-corrected chi connectivity index (χ2v) is 13.0. The summed E-state index contributed by atoms with van der Waals surface area (Å²) in [5.74, 6) is -2.34. The van der Waals surface area contributed by atoms with Gasteiger partial charge in [0.15, 0.2) is 0 Å². The van der Waals surface area contributed by atoms with Crippen LogP contribution in [0.4, 0.5) is 13.2 Å². The van der Waals surface area contributed by atoms with Crippen molar-refractivity contribution >= 4 is 22.0 Å². The van der Waals surface area contributed by atoms with Crippen LogP contribution in [0.15, 0.2) is 48.5 Å². The highest BCUT2D eigenvalue weighted by Crippen LogP contribution is 2.49. The van der Waals surface area contributed by atoms with E-state index in [1.807, 2.05) is 24.3 Å². The molecular formula is C28H32F3NO7S. The molecule has 12 heteroatoms. The predicted octanol–water partition coefficient (Wildman–Crippen LogP) is 5.07. The zero-order chi connectivity index (χ0) is 29.7. The van der Waals surface area contributed by atoms with E-state index in [9.17, 15) is 31.2 Å². The van der Waals surface area contributed by atoms with Gasteiger partial charge in [0.05, 0.1) is 24.5 Å². The molecular weight excluding hydrogens is 551 g/mol. The molecule has 218 valence electrons. The van der Waals surface area contributed by atoms with Crippen LogP contribution in [0.25, 0.3) is 0 Å². The van der Waals surface area contributed by atoms with Crippen molar-refractivity contribution < 1.29 is 44.8 Å². The van der Waals surface area contributed by atoms with Crippen LogP contribution in [0.5, 0.6) is 5.75 Å². The average Bonchev–Trinajstić information content (AvgIpc) is 3.27. The molecule has 1 amide bonds. The molecule has 2 aliphatic rings. The van der Waals surface area contributed by atoms with E-state index in [2.05, 4.69) is 4.18 Å². The molecule has 0 bridgehead atoms. The van der Waals surface area contributed by atoms with Gasteiger partial charge in [-0.05, 0) is 69.9 Å². The van der Waals surface area contributed by atoms with Crippen molar-refractivity contribution in [1.82, 2.24) is 4.90 Å². The van der Waals surface area contributed by atoms with Crippen molar-refractivity contribution in [3.05, 3.63) is 65.2 Å². The highest BCUT2D eigenvalue weighted by atomic mass is 32.2. The number of amides is 1. The quantitative estimate of drug-likeness (QED) is 0.255. The Morgan fingerprint density at radius 3 is 2.30 bits per heavy atom. The molecule has 0 radical (unpaired) electrons. The highest BCUT2D eigenvalue weighted by molar-refractivity contribution is 7.88. The lowest BCUT2D eigenvalue weighted by molar-refractivity contribution is -0.162. The number of hydrogen-bond acceptors (Lipinski definition) is 7. The van der Waals surface area contributed by atoms with Crippen LogP contribution in [-0.2, 0) is 42.0 Å². The Bertz CT molecular complexity index is 1380. The number of esters is 1. The van der Waals surface area contributed by atoms with E-state index in [0.717, 1.165) is 23.3 Å². The van der Waals surface area contributed by atoms with Gasteiger partial charge in [-0.2, -0.15) is 21.6 Å². The van der Waals surface area contributed by atoms with Gasteiger partial charge in [0.1, 0.15) is 17.1 Å². The van der Waals surface area contributed by atoms with Gasteiger partial charge in [-0.25, -0.2) is 0 Å². The molecule has 0 aromatic heterocycles. The van der Waals surface area contributed by atoms with E-state index in [4.69, 9.17) is 9.47 Å². The van der Waals surface area contributed by atoms with Crippen molar-refractivity contribution in [3.8, 4) is 5.75 Å². The summed E-state index contributed by atoms with van der Waals surface area (Å²) in [6.07, 6.45) is 0.191. The largest absolute Gasteiger partial charge is 0.534 e. The van der Waals surface area contributed by atoms with Crippen LogP contribution in [0.1, 0.15) is 63.8 Å². The van der Waals surface area contributed by atoms with Crippen LogP contribution in [-0.4, -0.2) is 48.1 Å². The van der Waals surface area contributed by atoms with Gasteiger partial charge in [0, 0.05) is 6.42 Å². The summed E-state index contributed by atoms with van der Waals surface area (Å²) >= 11 is 0. The molecule has 1 aliphatic carbocycles. The van der Waals surface area contributed by atoms with Gasteiger partial charge >= 0.3 is 21.6 Å². The number of halogens is 3. The molecule has 0 unspecified atom stereocenters. The van der Waals surface area contributed by atoms with Crippen molar-refractivity contribution in [1.29, 1.82) is 0 Å². The monoisotopic (exact) mass is 583 g/mol. The van der Waals surface area contributed by atoms with E-state index in [-0.39, 0.29) is 30.9 Å². The number of nitrogens with zero attached hydrogens (tertiary/aromatic N) is 1. The Kier molecular flexibility index (Phi) is 7.74. The maximum Gasteiger partial charge on any atom is 0.534 e. The summed E-state index contributed by atoms with van der Waals surface area (Å²) in [5, 5.41) is 0. The van der Waals surface area contributed by atoms with E-state index in [1.54, 1.807) is 39.5 Å². The predicted molar refractivity (Wildman–Crippen MR) is 138 cm³/mol. The fourth-order valence-corrected chi connectivity index (χ4v) is 5.74. The number of alkyl halides is 3. The number of carbonyl (C=O) groups is 2. The fourth-order valence-electron chi connectivity index (χ4n) is 5.28. The minimum Gasteiger partial charge on any atom is -0.460 e. The molecule has 1 fully saturated rings. The van der Waals surface area contributed by atoms with Crippen molar-refractivity contribution in [2.45, 2.75) is 82.9 Å². The molecule has 4 rings (SSSR count). The third-order valence-corrected chi connectivity index (χ3v) is 7.74. The molecule has 3 atom stereocenters. The first-order chi connectivity index (χ1) is 18.4. The van der Waals surface area contributed by atoms with E-state index < -0.39 is 44.6 Å². The summed E-state index contributed by atoms with van der Waals surface area (Å²) in [5.41, 5.74) is -4.76. The van der Waals surface area contributed by atoms with Gasteiger partial charge in [-0.1, -0.05) is 36.4 Å². The Morgan fingerprint density at radius 1 is 1.07 bits per heavy atom. The molecule has 0 saturated carbocycles. The molecule has 1 heterocycles. The standard InChI is InChI=1S/C28H32F3NO7S/c1-26(2,3)38-23(33)16-19(14-17-10-12-20(13-11-17)39-40(35,36)28(29,30)31)25(34)32-24-21-9-7-6-8-18(21)15-22(24)37-27(32,4)5/h6-13,19,22,24H,14-16H2,1-5H3/t19-,22-,24+/m1/s1. The minimum atomic E-state index is -5.83. The molecule has 8 nitrogen and oxygen atoms in total. The first kappa shape index (κ1) is 29.9. The molecule has 2 aromatic carbocycles. The lowest BCUT2D eigenvalue weighted by atomic mass is 9.92. The summed E-state index contributed by atoms with van der Waals surface area (Å²) < 4.78 is 76.7. The summed E-state index contributed by atoms with van der Waals surface area (Å²) in [6, 6.07) is 12.3. The molecule has 2 aromatic rings. The lowest BCUT2D eigenvalue weighted by Crippen LogP contribution is -2.48. The molecule has 40 heavy (non-hydrogen) atoms. The molecule has 0 N–H and O–H groups in total. The Balaban J connectivity index is 1.62. The summed E-state index contributed by atoms with van der Waals surface area (Å²) in [6.45, 7) is 8.74. The number of benzene rings is 2. The van der Waals surface area contributed by atoms with Gasteiger partial charge in [0.25, 0.3) is 0 Å². The van der Waals surface area contributed by atoms with E-state index in [0.29, 0.717) is 12.0 Å². The second-order valence-electron chi connectivity index (χ2n) is 11.5. The highest BCUT2D eigenvalue weighted by Gasteiger charge is 2.54. The number of rotatable bonds is 7. The molecule has 1 saturated heterocycles. The number of carbonyl (C=O) groups excluding carboxylic acids is 2. The molecule has 0 spiro atoms. The lowest BCUT2D eigenvalue weighted by Gasteiger charge is -2.36. The van der Waals surface area contributed by atoms with Crippen LogP contribution in [0.3, 0.4) is 0 Å². The van der Waals surface area contributed by atoms with Gasteiger partial charge < -0.3 is 18.6 Å². The zero-order valence-electron chi connectivity index (χ0n) is 22.8. The van der Waals surface area contributed by atoms with Gasteiger partial charge in [0.2, 0.25) is 5.91 Å². The number of ether oxygens (including phenoxy) is 2. The topological polar surface area (TPSA) is 99.2 Å². The van der Waals surface area contributed by atoms with Gasteiger partial charge in [-0.15, -0.1) is 0 Å². The third-order valence-electron chi connectivity index (χ3n) is 6.76. The van der Waals surface area contributed by atoms with Gasteiger partial charge in [-0.3, -0.25) is 9.59 Å². The Labute approximate surface area is 231 Å². The second kappa shape index (κ2) is 10.4. The van der Waals surface area contributed by atoms with Crippen LogP contribution < -0.4 is 4.18 Å². The van der Waals surface area contributed by atoms with Crippen molar-refractivity contribution in [3.63, 3.8) is 0 Å². The maximum atomic E-state index is 14.2. The minimum absolute atomic E-state index is 0.0377. The maximum absolute atomic E-state index is 14.2. The average molecular weight is 584 g/mol. The van der Waals surface area contributed by atoms with E-state index in [1.165, 1.54) is 12.1 Å². The van der Waals surface area contributed by atoms with Crippen LogP contribution >= 0.6 is 0 Å². The number of hydrogen-bond donors (Lipinski definition) is 0. The zero-order valence-corrected chi connectivity index (χ0v) is 23.6. The first-order valence-electron chi connectivity index (χ1n) is 12.8. The van der Waals surface area contributed by atoms with Crippen LogP contribution in [0, 0.1) is 5.92 Å². The normalized spacial score (nSPS) is 20.9. The van der Waals surface area contributed by atoms with E-state index >= 15 is 0 Å². The summed E-state index contributed by atoms with van der Waals surface area (Å²) in [4.78, 5) is 28.7. The third kappa shape index (κ3) is 6.27. The Hall–Kier alpha value is -3.12. The van der Waals surface area contributed by atoms with Crippen molar-refractivity contribution in [2.75, 3.05) is 0 Å². The Morgan fingerprint density at radius 2 is 1.70 bits per heavy atom. The smallest absolute Gasteiger partial charge is 0.460 e. The fraction of sp³-hybridized carbons (Fsp3) is 0.500. The SMILES string of the molecule is CC(C)(C)OC(=O)C[C@@H](Cc1ccc(OS(=O)(=O)C(F)(F)F)cc1)C(=O)N1[C@H]2c3ccccc3C[C@H]2OC1(C)C. The van der Waals surface area contributed by atoms with Crippen LogP contribution in [0.2, 0.25) is 0 Å². The van der Waals surface area contributed by atoms with Crippen molar-refractivity contribution in [2.24, 2.45) is 5.92 Å². The first-order valence-corrected chi connectivity index (χ1v) is 14.2. The number of fused-ring (bicyclic) bond motifs is 3.